The lowest BCUT2D eigenvalue weighted by Gasteiger charge is -2.38. The molecule has 1 heterocycles. The molecule has 0 aromatic heterocycles. The molecule has 28 heavy (non-hydrogen) atoms. The Morgan fingerprint density at radius 3 is 1.75 bits per heavy atom. The molecule has 1 aromatic rings. The monoisotopic (exact) mass is 435 g/mol. The highest BCUT2D eigenvalue weighted by Gasteiger charge is 2.72. The Kier molecular flexibility index (Phi) is 8.44. The minimum atomic E-state index is -4.05. The maximum atomic E-state index is 13.9. The van der Waals surface area contributed by atoms with Gasteiger partial charge in [0.25, 0.3) is 5.08 Å². The van der Waals surface area contributed by atoms with Crippen LogP contribution in [0.25, 0.3) is 0 Å². The Morgan fingerprint density at radius 1 is 0.929 bits per heavy atom. The van der Waals surface area contributed by atoms with E-state index in [1.807, 2.05) is 30.3 Å². The van der Waals surface area contributed by atoms with Crippen molar-refractivity contribution in [2.24, 2.45) is 0 Å². The van der Waals surface area contributed by atoms with Crippen LogP contribution >= 0.6 is 15.2 Å². The summed E-state index contributed by atoms with van der Waals surface area (Å²) in [5.74, 6) is 0. The predicted molar refractivity (Wildman–Crippen MR) is 107 cm³/mol. The molecule has 0 spiro atoms. The first-order valence-corrected chi connectivity index (χ1v) is 12.7. The van der Waals surface area contributed by atoms with Crippen LogP contribution in [0.2, 0.25) is 0 Å². The first-order chi connectivity index (χ1) is 13.3. The summed E-state index contributed by atoms with van der Waals surface area (Å²) in [4.78, 5) is 6.06. The molecule has 1 aliphatic rings. The molecule has 2 rings (SSSR count). The van der Waals surface area contributed by atoms with Crippen LogP contribution in [0.3, 0.4) is 0 Å². The van der Waals surface area contributed by atoms with Gasteiger partial charge in [-0.3, -0.25) is 14.0 Å². The van der Waals surface area contributed by atoms with Crippen LogP contribution in [0.4, 0.5) is 0 Å². The smallest absolute Gasteiger partial charge is 0.306 e. The van der Waals surface area contributed by atoms with Crippen LogP contribution in [0.1, 0.15) is 45.7 Å². The molecule has 160 valence electrons. The van der Waals surface area contributed by atoms with E-state index in [9.17, 15) is 9.13 Å². The van der Waals surface area contributed by atoms with Crippen LogP contribution in [-0.4, -0.2) is 43.6 Å². The van der Waals surface area contributed by atoms with Crippen molar-refractivity contribution in [1.29, 1.82) is 0 Å². The zero-order valence-electron chi connectivity index (χ0n) is 17.2. The topological polar surface area (TPSA) is 83.5 Å². The average Bonchev–Trinajstić information content (AvgIpc) is 3.03. The fraction of sp³-hybridized carbons (Fsp3) is 0.667. The Labute approximate surface area is 167 Å². The predicted octanol–water partition coefficient (Wildman–Crippen LogP) is 5.18. The van der Waals surface area contributed by atoms with E-state index >= 15 is 0 Å². The quantitative estimate of drug-likeness (QED) is 0.440. The molecule has 10 heteroatoms. The summed E-state index contributed by atoms with van der Waals surface area (Å²) in [6, 6.07) is 9.24. The molecule has 0 amide bonds. The molecular formula is C18H31NO7P2. The van der Waals surface area contributed by atoms with Crippen LogP contribution in [-0.2, 0) is 32.1 Å². The highest BCUT2D eigenvalue weighted by atomic mass is 31.2. The Hall–Kier alpha value is -0.560. The molecule has 8 nitrogen and oxygen atoms in total. The van der Waals surface area contributed by atoms with E-state index in [-0.39, 0.29) is 38.9 Å². The fourth-order valence-electron chi connectivity index (χ4n) is 3.35. The van der Waals surface area contributed by atoms with Crippen LogP contribution in [0, 0.1) is 0 Å². The number of hydroxylamine groups is 2. The third-order valence-corrected chi connectivity index (χ3v) is 10.5. The van der Waals surface area contributed by atoms with Crippen molar-refractivity contribution in [3.05, 3.63) is 35.9 Å². The van der Waals surface area contributed by atoms with Crippen LogP contribution in [0.5, 0.6) is 0 Å². The zero-order valence-corrected chi connectivity index (χ0v) is 19.0. The van der Waals surface area contributed by atoms with Gasteiger partial charge in [0.15, 0.2) is 0 Å². The second-order valence-corrected chi connectivity index (χ2v) is 11.0. The van der Waals surface area contributed by atoms with E-state index in [0.29, 0.717) is 0 Å². The molecule has 1 atom stereocenters. The molecule has 1 unspecified atom stereocenters. The van der Waals surface area contributed by atoms with Crippen molar-refractivity contribution in [3.63, 3.8) is 0 Å². The molecule has 0 saturated carbocycles. The standard InChI is InChI=1S/C18H31NO7P2/c1-6-22-27(20,23-7-2)18(28(21,24-8-3)25-9-4)15-17(19(5)26-18)16-13-11-10-12-14-16/h10-14,17H,6-9,15H2,1-5H3. The maximum Gasteiger partial charge on any atom is 0.376 e. The van der Waals surface area contributed by atoms with E-state index in [1.165, 1.54) is 5.06 Å². The van der Waals surface area contributed by atoms with Crippen LogP contribution < -0.4 is 0 Å². The average molecular weight is 435 g/mol. The number of benzene rings is 1. The summed E-state index contributed by atoms with van der Waals surface area (Å²) in [7, 11) is -6.40. The number of nitrogens with zero attached hydrogens (tertiary/aromatic N) is 1. The SMILES string of the molecule is CCOP(=O)(OCC)C1(P(=O)(OCC)OCC)CC(c2ccccc2)N(C)O1. The van der Waals surface area contributed by atoms with Gasteiger partial charge in [-0.25, -0.2) is 0 Å². The van der Waals surface area contributed by atoms with E-state index in [1.54, 1.807) is 34.7 Å². The molecule has 0 bridgehead atoms. The molecule has 1 saturated heterocycles. The molecule has 0 N–H and O–H groups in total. The summed E-state index contributed by atoms with van der Waals surface area (Å²) < 4.78 is 50.2. The highest BCUT2D eigenvalue weighted by Crippen LogP contribution is 2.82. The molecule has 1 fully saturated rings. The Bertz CT molecular complexity index is 665. The van der Waals surface area contributed by atoms with Gasteiger partial charge in [-0.2, -0.15) is 5.06 Å². The largest absolute Gasteiger partial charge is 0.376 e. The van der Waals surface area contributed by atoms with Gasteiger partial charge in [-0.05, 0) is 33.3 Å². The van der Waals surface area contributed by atoms with Crippen LogP contribution in [0.15, 0.2) is 30.3 Å². The Balaban J connectivity index is 2.63. The van der Waals surface area contributed by atoms with E-state index in [2.05, 4.69) is 0 Å². The molecule has 0 radical (unpaired) electrons. The number of rotatable bonds is 11. The summed E-state index contributed by atoms with van der Waals surface area (Å²) in [5, 5.41) is -0.363. The number of hydrogen-bond donors (Lipinski definition) is 0. The lowest BCUT2D eigenvalue weighted by molar-refractivity contribution is -0.149. The highest BCUT2D eigenvalue weighted by molar-refractivity contribution is 7.74. The van der Waals surface area contributed by atoms with Gasteiger partial charge in [0.1, 0.15) is 0 Å². The first kappa shape index (κ1) is 23.7. The van der Waals surface area contributed by atoms with Gasteiger partial charge in [-0.1, -0.05) is 30.3 Å². The van der Waals surface area contributed by atoms with E-state index in [0.717, 1.165) is 5.56 Å². The van der Waals surface area contributed by atoms with Gasteiger partial charge in [-0.15, -0.1) is 0 Å². The second kappa shape index (κ2) is 9.96. The van der Waals surface area contributed by atoms with Gasteiger partial charge in [0.2, 0.25) is 0 Å². The van der Waals surface area contributed by atoms with E-state index < -0.39 is 20.3 Å². The third-order valence-electron chi connectivity index (χ3n) is 4.42. The summed E-state index contributed by atoms with van der Waals surface area (Å²) >= 11 is 0. The van der Waals surface area contributed by atoms with Crippen molar-refractivity contribution in [2.45, 2.75) is 45.2 Å². The van der Waals surface area contributed by atoms with Gasteiger partial charge in [0.05, 0.1) is 32.5 Å². The summed E-state index contributed by atoms with van der Waals surface area (Å²) in [6.07, 6.45) is 0.0715. The van der Waals surface area contributed by atoms with Crippen molar-refractivity contribution >= 4 is 15.2 Å². The minimum absolute atomic E-state index is 0.0715. The molecular weight excluding hydrogens is 404 g/mol. The fourth-order valence-corrected chi connectivity index (χ4v) is 8.81. The van der Waals surface area contributed by atoms with Crippen molar-refractivity contribution in [1.82, 2.24) is 5.06 Å². The summed E-state index contributed by atoms with van der Waals surface area (Å²) in [6.45, 7) is 7.16. The van der Waals surface area contributed by atoms with E-state index in [4.69, 9.17) is 22.9 Å². The van der Waals surface area contributed by atoms with Crippen molar-refractivity contribution < 1.29 is 32.1 Å². The first-order valence-electron chi connectivity index (χ1n) is 9.58. The third kappa shape index (κ3) is 4.30. The second-order valence-electron chi connectivity index (χ2n) is 6.18. The molecule has 1 aromatic carbocycles. The number of hydrogen-bond acceptors (Lipinski definition) is 8. The Morgan fingerprint density at radius 2 is 1.36 bits per heavy atom. The van der Waals surface area contributed by atoms with Gasteiger partial charge < -0.3 is 18.1 Å². The lowest BCUT2D eigenvalue weighted by Crippen LogP contribution is -2.34. The summed E-state index contributed by atoms with van der Waals surface area (Å²) in [5.41, 5.74) is 0.922. The van der Waals surface area contributed by atoms with Crippen molar-refractivity contribution in [2.75, 3.05) is 33.5 Å². The van der Waals surface area contributed by atoms with Gasteiger partial charge >= 0.3 is 15.2 Å². The zero-order chi connectivity index (χ0) is 20.8. The minimum Gasteiger partial charge on any atom is -0.306 e. The molecule has 0 aliphatic carbocycles. The van der Waals surface area contributed by atoms with Crippen molar-refractivity contribution in [3.8, 4) is 0 Å². The maximum absolute atomic E-state index is 13.9. The van der Waals surface area contributed by atoms with Gasteiger partial charge in [0, 0.05) is 13.5 Å². The molecule has 1 aliphatic heterocycles. The normalized spacial score (nSPS) is 20.5. The lowest BCUT2D eigenvalue weighted by atomic mass is 10.1.